The molecule has 0 fully saturated rings. The fourth-order valence-electron chi connectivity index (χ4n) is 2.13. The van der Waals surface area contributed by atoms with Crippen LogP contribution in [0.1, 0.15) is 11.1 Å². The highest BCUT2D eigenvalue weighted by atomic mass is 16.6. The molecule has 0 aliphatic carbocycles. The van der Waals surface area contributed by atoms with E-state index in [9.17, 15) is 10.1 Å². The maximum atomic E-state index is 11.1. The number of benzene rings is 2. The lowest BCUT2D eigenvalue weighted by Gasteiger charge is -2.03. The van der Waals surface area contributed by atoms with Crippen molar-refractivity contribution in [2.75, 3.05) is 14.2 Å². The molecule has 0 radical (unpaired) electrons. The first-order chi connectivity index (χ1) is 12.6. The summed E-state index contributed by atoms with van der Waals surface area (Å²) in [6, 6.07) is 14.8. The van der Waals surface area contributed by atoms with Crippen molar-refractivity contribution in [1.82, 2.24) is 5.32 Å². The van der Waals surface area contributed by atoms with Gasteiger partial charge < -0.3 is 14.8 Å². The van der Waals surface area contributed by atoms with Gasteiger partial charge in [0.2, 0.25) is 0 Å². The largest absolute Gasteiger partial charge is 0.497 e. The van der Waals surface area contributed by atoms with E-state index in [1.54, 1.807) is 14.2 Å². The van der Waals surface area contributed by atoms with Gasteiger partial charge in [-0.15, -0.1) is 0 Å². The summed E-state index contributed by atoms with van der Waals surface area (Å²) >= 11 is 0. The lowest BCUT2D eigenvalue weighted by atomic mass is 10.2. The van der Waals surface area contributed by atoms with E-state index in [4.69, 9.17) is 9.47 Å². The Bertz CT molecular complexity index is 768. The Morgan fingerprint density at radius 1 is 1.04 bits per heavy atom. The van der Waals surface area contributed by atoms with E-state index in [-0.39, 0.29) is 5.70 Å². The molecular formula is C19H21N3O4. The maximum Gasteiger partial charge on any atom is 0.302 e. The number of nitrogens with zero attached hydrogens (tertiary/aromatic N) is 2. The van der Waals surface area contributed by atoms with Crippen LogP contribution in [-0.4, -0.2) is 25.4 Å². The fourth-order valence-corrected chi connectivity index (χ4v) is 2.13. The molecule has 26 heavy (non-hydrogen) atoms. The number of aliphatic imine (C=N–C) groups is 1. The van der Waals surface area contributed by atoms with Crippen LogP contribution in [0.25, 0.3) is 0 Å². The molecule has 0 aliphatic heterocycles. The summed E-state index contributed by atoms with van der Waals surface area (Å²) in [5.41, 5.74) is 1.82. The summed E-state index contributed by atoms with van der Waals surface area (Å²) in [5, 5.41) is 14.1. The number of rotatable bonds is 9. The first-order valence-corrected chi connectivity index (χ1v) is 7.96. The Kier molecular flexibility index (Phi) is 7.17. The maximum absolute atomic E-state index is 11.1. The highest BCUT2D eigenvalue weighted by Crippen LogP contribution is 2.12. The quantitative estimate of drug-likeness (QED) is 0.424. The number of hydrogen-bond donors (Lipinski definition) is 1. The van der Waals surface area contributed by atoms with E-state index in [1.807, 2.05) is 48.5 Å². The highest BCUT2D eigenvalue weighted by molar-refractivity contribution is 5.75. The second kappa shape index (κ2) is 9.83. The van der Waals surface area contributed by atoms with Gasteiger partial charge in [-0.3, -0.25) is 15.1 Å². The molecule has 7 heteroatoms. The van der Waals surface area contributed by atoms with E-state index < -0.39 is 4.92 Å². The van der Waals surface area contributed by atoms with Crippen LogP contribution in [0.2, 0.25) is 0 Å². The van der Waals surface area contributed by atoms with Gasteiger partial charge in [-0.2, -0.15) is 0 Å². The molecule has 136 valence electrons. The zero-order valence-electron chi connectivity index (χ0n) is 14.7. The third-order valence-corrected chi connectivity index (χ3v) is 3.58. The minimum atomic E-state index is -0.474. The molecular weight excluding hydrogens is 334 g/mol. The molecule has 0 atom stereocenters. The first kappa shape index (κ1) is 19.0. The molecule has 0 saturated heterocycles. The van der Waals surface area contributed by atoms with Gasteiger partial charge in [-0.1, -0.05) is 24.3 Å². The Morgan fingerprint density at radius 2 is 1.58 bits per heavy atom. The summed E-state index contributed by atoms with van der Waals surface area (Å²) in [7, 11) is 3.20. The summed E-state index contributed by atoms with van der Waals surface area (Å²) in [6.45, 7) is 0.821. The molecule has 0 heterocycles. The summed E-state index contributed by atoms with van der Waals surface area (Å²) in [5.74, 6) is 1.52. The molecule has 2 rings (SSSR count). The van der Waals surface area contributed by atoms with Crippen molar-refractivity contribution < 1.29 is 14.4 Å². The minimum absolute atomic E-state index is 0.105. The number of hydrogen-bond acceptors (Lipinski definition) is 6. The van der Waals surface area contributed by atoms with Crippen molar-refractivity contribution in [2.45, 2.75) is 13.1 Å². The molecule has 0 unspecified atom stereocenters. The standard InChI is InChI=1S/C19H21N3O4/c1-25-18-7-3-15(4-8-18)11-20-13-17(22(23)24)14-21-12-16-5-9-19(26-2)10-6-16/h3-10,13-14,20H,11-12H2,1-2H3/b17-13-,21-14?. The Balaban J connectivity index is 1.91. The number of nitrogens with one attached hydrogen (secondary N) is 1. The van der Waals surface area contributed by atoms with Gasteiger partial charge in [0.1, 0.15) is 17.7 Å². The van der Waals surface area contributed by atoms with Crippen molar-refractivity contribution in [3.63, 3.8) is 0 Å². The van der Waals surface area contributed by atoms with Gasteiger partial charge >= 0.3 is 5.70 Å². The van der Waals surface area contributed by atoms with Crippen molar-refractivity contribution >= 4 is 6.21 Å². The lowest BCUT2D eigenvalue weighted by Crippen LogP contribution is -2.10. The van der Waals surface area contributed by atoms with E-state index in [2.05, 4.69) is 10.3 Å². The molecule has 0 amide bonds. The van der Waals surface area contributed by atoms with Crippen molar-refractivity contribution in [1.29, 1.82) is 0 Å². The smallest absolute Gasteiger partial charge is 0.302 e. The van der Waals surface area contributed by atoms with Gasteiger partial charge in [0.15, 0.2) is 0 Å². The zero-order chi connectivity index (χ0) is 18.8. The molecule has 1 N–H and O–H groups in total. The first-order valence-electron chi connectivity index (χ1n) is 7.96. The van der Waals surface area contributed by atoms with Crippen LogP contribution in [0.15, 0.2) is 65.4 Å². The molecule has 0 spiro atoms. The van der Waals surface area contributed by atoms with E-state index in [0.717, 1.165) is 22.6 Å². The Hall–Kier alpha value is -3.35. The summed E-state index contributed by atoms with van der Waals surface area (Å²) < 4.78 is 10.2. The third-order valence-electron chi connectivity index (χ3n) is 3.58. The van der Waals surface area contributed by atoms with Crippen LogP contribution < -0.4 is 14.8 Å². The van der Waals surface area contributed by atoms with Crippen molar-refractivity contribution in [2.24, 2.45) is 4.99 Å². The van der Waals surface area contributed by atoms with Crippen molar-refractivity contribution in [3.05, 3.63) is 81.7 Å². The normalized spacial score (nSPS) is 11.4. The molecule has 0 aliphatic rings. The molecule has 2 aromatic rings. The highest BCUT2D eigenvalue weighted by Gasteiger charge is 2.06. The monoisotopic (exact) mass is 355 g/mol. The topological polar surface area (TPSA) is 86.0 Å². The zero-order valence-corrected chi connectivity index (χ0v) is 14.7. The van der Waals surface area contributed by atoms with E-state index >= 15 is 0 Å². The molecule has 0 aromatic heterocycles. The summed E-state index contributed by atoms with van der Waals surface area (Å²) in [6.07, 6.45) is 2.60. The molecule has 0 bridgehead atoms. The molecule has 0 saturated carbocycles. The number of ether oxygens (including phenoxy) is 2. The van der Waals surface area contributed by atoms with Crippen LogP contribution in [0.5, 0.6) is 11.5 Å². The SMILES string of the molecule is COc1ccc(CN=C/C(=C/NCc2ccc(OC)cc2)[N+](=O)[O-])cc1. The fraction of sp³-hybridized carbons (Fsp3) is 0.211. The average molecular weight is 355 g/mol. The van der Waals surface area contributed by atoms with Crippen LogP contribution in [-0.2, 0) is 13.1 Å². The van der Waals surface area contributed by atoms with Crippen molar-refractivity contribution in [3.8, 4) is 11.5 Å². The summed E-state index contributed by atoms with van der Waals surface area (Å²) in [4.78, 5) is 14.8. The number of nitro groups is 1. The molecule has 2 aromatic carbocycles. The van der Waals surface area contributed by atoms with Gasteiger partial charge in [0.05, 0.1) is 31.9 Å². The Labute approximate surface area is 152 Å². The predicted octanol–water partition coefficient (Wildman–Crippen LogP) is 3.18. The lowest BCUT2D eigenvalue weighted by molar-refractivity contribution is -0.414. The van der Waals surface area contributed by atoms with Crippen LogP contribution in [0, 0.1) is 10.1 Å². The number of methoxy groups -OCH3 is 2. The number of allylic oxidation sites excluding steroid dienone is 1. The van der Waals surface area contributed by atoms with Crippen LogP contribution in [0.4, 0.5) is 0 Å². The second-order valence-corrected chi connectivity index (χ2v) is 5.37. The average Bonchev–Trinajstić information content (AvgIpc) is 2.67. The van der Waals surface area contributed by atoms with Crippen LogP contribution >= 0.6 is 0 Å². The Morgan fingerprint density at radius 3 is 2.08 bits per heavy atom. The van der Waals surface area contributed by atoms with Crippen LogP contribution in [0.3, 0.4) is 0 Å². The second-order valence-electron chi connectivity index (χ2n) is 5.37. The third kappa shape index (κ3) is 5.94. The van der Waals surface area contributed by atoms with Gasteiger partial charge in [0.25, 0.3) is 0 Å². The minimum Gasteiger partial charge on any atom is -0.497 e. The van der Waals surface area contributed by atoms with E-state index in [1.165, 1.54) is 12.4 Å². The molecule has 7 nitrogen and oxygen atoms in total. The van der Waals surface area contributed by atoms with Gasteiger partial charge in [-0.05, 0) is 35.4 Å². The van der Waals surface area contributed by atoms with Gasteiger partial charge in [-0.25, -0.2) is 0 Å². The van der Waals surface area contributed by atoms with Gasteiger partial charge in [0, 0.05) is 6.54 Å². The predicted molar refractivity (Wildman–Crippen MR) is 100 cm³/mol. The van der Waals surface area contributed by atoms with E-state index in [0.29, 0.717) is 13.1 Å².